The molecular weight excluding hydrogens is 406 g/mol. The van der Waals surface area contributed by atoms with Crippen molar-refractivity contribution in [2.45, 2.75) is 6.54 Å². The highest BCUT2D eigenvalue weighted by atomic mass is 16.1. The number of nitrogens with zero attached hydrogens (tertiary/aromatic N) is 5. The molecule has 10 heteroatoms. The number of amides is 1. The van der Waals surface area contributed by atoms with Crippen LogP contribution in [0, 0.1) is 0 Å². The Morgan fingerprint density at radius 2 is 1.94 bits per heavy atom. The van der Waals surface area contributed by atoms with Crippen LogP contribution in [0.15, 0.2) is 67.3 Å². The zero-order chi connectivity index (χ0) is 22.1. The van der Waals surface area contributed by atoms with E-state index in [9.17, 15) is 4.79 Å². The van der Waals surface area contributed by atoms with E-state index in [1.807, 2.05) is 41.1 Å². The van der Waals surface area contributed by atoms with Crippen molar-refractivity contribution in [3.05, 3.63) is 78.6 Å². The third kappa shape index (κ3) is 3.60. The number of hydrogen-bond acceptors (Lipinski definition) is 7. The van der Waals surface area contributed by atoms with Crippen LogP contribution in [0.3, 0.4) is 0 Å². The zero-order valence-electron chi connectivity index (χ0n) is 16.9. The van der Waals surface area contributed by atoms with Gasteiger partial charge >= 0.3 is 0 Å². The summed E-state index contributed by atoms with van der Waals surface area (Å²) in [5.41, 5.74) is 15.9. The van der Waals surface area contributed by atoms with Gasteiger partial charge in [-0.25, -0.2) is 19.9 Å². The van der Waals surface area contributed by atoms with Crippen LogP contribution >= 0.6 is 0 Å². The first kappa shape index (κ1) is 19.2. The molecule has 0 saturated carbocycles. The first-order valence-electron chi connectivity index (χ1n) is 9.82. The fourth-order valence-electron chi connectivity index (χ4n) is 3.39. The Bertz CT molecular complexity index is 1420. The third-order valence-electron chi connectivity index (χ3n) is 4.91. The van der Waals surface area contributed by atoms with Gasteiger partial charge in [0.2, 0.25) is 0 Å². The van der Waals surface area contributed by atoms with Gasteiger partial charge in [0, 0.05) is 30.4 Å². The first-order chi connectivity index (χ1) is 15.6. The van der Waals surface area contributed by atoms with Crippen molar-refractivity contribution in [1.82, 2.24) is 34.6 Å². The number of aromatic amines is 1. The van der Waals surface area contributed by atoms with Crippen LogP contribution in [-0.2, 0) is 6.54 Å². The van der Waals surface area contributed by atoms with Crippen LogP contribution in [-0.4, -0.2) is 35.2 Å². The minimum atomic E-state index is -0.456. The summed E-state index contributed by atoms with van der Waals surface area (Å²) in [4.78, 5) is 33.6. The third-order valence-corrected chi connectivity index (χ3v) is 4.91. The van der Waals surface area contributed by atoms with E-state index >= 15 is 0 Å². The molecule has 0 aliphatic rings. The van der Waals surface area contributed by atoms with E-state index < -0.39 is 5.91 Å². The topological polar surface area (TPSA) is 153 Å². The van der Waals surface area contributed by atoms with Gasteiger partial charge in [0.15, 0.2) is 11.5 Å². The SMILES string of the molecule is Nc1cccc(CNC(=O)c2nc(-c3ccc4nccn4c3)c(-c3ccc[nH]3)nc2N)n1. The van der Waals surface area contributed by atoms with Gasteiger partial charge in [-0.15, -0.1) is 0 Å². The summed E-state index contributed by atoms with van der Waals surface area (Å²) in [6, 6.07) is 12.7. The van der Waals surface area contributed by atoms with Crippen LogP contribution in [0.5, 0.6) is 0 Å². The monoisotopic (exact) mass is 425 g/mol. The Kier molecular flexibility index (Phi) is 4.71. The lowest BCUT2D eigenvalue weighted by Gasteiger charge is -2.12. The summed E-state index contributed by atoms with van der Waals surface area (Å²) in [5.74, 6) is -0.0501. The van der Waals surface area contributed by atoms with Crippen molar-refractivity contribution in [3.63, 3.8) is 0 Å². The average molecular weight is 425 g/mol. The van der Waals surface area contributed by atoms with Gasteiger partial charge < -0.3 is 26.2 Å². The maximum atomic E-state index is 12.9. The standard InChI is InChI=1S/C22H19N9O/c23-16-5-1-3-14(28-16)11-27-22(32)20-21(24)30-19(15-4-2-8-25-15)18(29-20)13-6-7-17-26-9-10-31(17)12-13/h1-10,12,25H,11H2,(H2,23,28)(H2,24,30)(H,27,32). The van der Waals surface area contributed by atoms with E-state index in [2.05, 4.69) is 30.2 Å². The van der Waals surface area contributed by atoms with Crippen LogP contribution in [0.25, 0.3) is 28.3 Å². The lowest BCUT2D eigenvalue weighted by Crippen LogP contribution is -2.26. The second-order valence-electron chi connectivity index (χ2n) is 7.09. The fraction of sp³-hybridized carbons (Fsp3) is 0.0455. The highest BCUT2D eigenvalue weighted by molar-refractivity contribution is 5.97. The Hall–Kier alpha value is -4.73. The highest BCUT2D eigenvalue weighted by Crippen LogP contribution is 2.30. The number of carbonyl (C=O) groups is 1. The van der Waals surface area contributed by atoms with Gasteiger partial charge in [-0.1, -0.05) is 6.07 Å². The molecule has 5 aromatic heterocycles. The minimum absolute atomic E-state index is 0.0279. The number of carbonyl (C=O) groups excluding carboxylic acids is 1. The molecule has 0 bridgehead atoms. The highest BCUT2D eigenvalue weighted by Gasteiger charge is 2.20. The summed E-state index contributed by atoms with van der Waals surface area (Å²) in [7, 11) is 0. The molecule has 1 amide bonds. The number of fused-ring (bicyclic) bond motifs is 1. The quantitative estimate of drug-likeness (QED) is 0.337. The first-order valence-corrected chi connectivity index (χ1v) is 9.82. The molecule has 5 heterocycles. The van der Waals surface area contributed by atoms with Crippen molar-refractivity contribution < 1.29 is 4.79 Å². The molecule has 0 radical (unpaired) electrons. The van der Waals surface area contributed by atoms with Gasteiger partial charge in [-0.3, -0.25) is 4.79 Å². The number of aromatic nitrogens is 6. The van der Waals surface area contributed by atoms with E-state index in [1.165, 1.54) is 0 Å². The lowest BCUT2D eigenvalue weighted by molar-refractivity contribution is 0.0946. The molecule has 5 aromatic rings. The fourth-order valence-corrected chi connectivity index (χ4v) is 3.39. The molecule has 10 nitrogen and oxygen atoms in total. The van der Waals surface area contributed by atoms with E-state index in [0.29, 0.717) is 22.9 Å². The van der Waals surface area contributed by atoms with Crippen LogP contribution in [0.1, 0.15) is 16.2 Å². The molecule has 0 saturated heterocycles. The number of H-pyrrole nitrogens is 1. The number of nitrogens with one attached hydrogen (secondary N) is 2. The summed E-state index contributed by atoms with van der Waals surface area (Å²) in [5, 5.41) is 2.78. The molecule has 0 fully saturated rings. The normalized spacial score (nSPS) is 11.0. The van der Waals surface area contributed by atoms with Gasteiger partial charge in [0.25, 0.3) is 5.91 Å². The largest absolute Gasteiger partial charge is 0.384 e. The Balaban J connectivity index is 1.55. The summed E-state index contributed by atoms with van der Waals surface area (Å²) in [6.45, 7) is 0.180. The van der Waals surface area contributed by atoms with Gasteiger partial charge in [-0.2, -0.15) is 0 Å². The maximum absolute atomic E-state index is 12.9. The average Bonchev–Trinajstić information content (AvgIpc) is 3.49. The number of pyridine rings is 2. The van der Waals surface area contributed by atoms with Crippen molar-refractivity contribution in [1.29, 1.82) is 0 Å². The van der Waals surface area contributed by atoms with Crippen molar-refractivity contribution in [2.75, 3.05) is 11.5 Å². The molecule has 6 N–H and O–H groups in total. The van der Waals surface area contributed by atoms with Crippen LogP contribution in [0.2, 0.25) is 0 Å². The number of rotatable bonds is 5. The van der Waals surface area contributed by atoms with Crippen LogP contribution in [0.4, 0.5) is 11.6 Å². The minimum Gasteiger partial charge on any atom is -0.384 e. The molecule has 32 heavy (non-hydrogen) atoms. The molecule has 158 valence electrons. The smallest absolute Gasteiger partial charge is 0.274 e. The Morgan fingerprint density at radius 3 is 2.75 bits per heavy atom. The Labute approximate surface area is 182 Å². The second kappa shape index (κ2) is 7.84. The maximum Gasteiger partial charge on any atom is 0.274 e. The van der Waals surface area contributed by atoms with Crippen molar-refractivity contribution in [2.24, 2.45) is 0 Å². The number of nitrogens with two attached hydrogens (primary N) is 2. The van der Waals surface area contributed by atoms with Crippen molar-refractivity contribution >= 4 is 23.2 Å². The predicted molar refractivity (Wildman–Crippen MR) is 120 cm³/mol. The second-order valence-corrected chi connectivity index (χ2v) is 7.09. The number of anilines is 2. The zero-order valence-corrected chi connectivity index (χ0v) is 16.9. The molecule has 0 atom stereocenters. The van der Waals surface area contributed by atoms with Gasteiger partial charge in [0.1, 0.15) is 22.9 Å². The Morgan fingerprint density at radius 1 is 1.03 bits per heavy atom. The van der Waals surface area contributed by atoms with E-state index in [4.69, 9.17) is 11.5 Å². The van der Waals surface area contributed by atoms with E-state index in [0.717, 1.165) is 16.9 Å². The number of imidazole rings is 1. The molecular formula is C22H19N9O. The molecule has 0 spiro atoms. The molecule has 0 aliphatic carbocycles. The van der Waals surface area contributed by atoms with Crippen LogP contribution < -0.4 is 16.8 Å². The predicted octanol–water partition coefficient (Wildman–Crippen LogP) is 2.28. The summed E-state index contributed by atoms with van der Waals surface area (Å²) >= 11 is 0. The molecule has 0 aliphatic heterocycles. The van der Waals surface area contributed by atoms with Gasteiger partial charge in [0.05, 0.1) is 17.9 Å². The van der Waals surface area contributed by atoms with Crippen molar-refractivity contribution in [3.8, 4) is 22.6 Å². The van der Waals surface area contributed by atoms with E-state index in [1.54, 1.807) is 30.6 Å². The lowest BCUT2D eigenvalue weighted by atomic mass is 10.1. The van der Waals surface area contributed by atoms with E-state index in [-0.39, 0.29) is 18.1 Å². The number of hydrogen-bond donors (Lipinski definition) is 4. The van der Waals surface area contributed by atoms with Gasteiger partial charge in [-0.05, 0) is 36.4 Å². The molecule has 0 aromatic carbocycles. The summed E-state index contributed by atoms with van der Waals surface area (Å²) < 4.78 is 1.87. The summed E-state index contributed by atoms with van der Waals surface area (Å²) in [6.07, 6.45) is 7.22. The molecule has 5 rings (SSSR count). The number of nitrogen functional groups attached to an aromatic ring is 2. The molecule has 0 unspecified atom stereocenters.